The molecule has 7 nitrogen and oxygen atoms in total. The number of nitrogens with zero attached hydrogens (tertiary/aromatic N) is 2. The Morgan fingerprint density at radius 2 is 1.66 bits per heavy atom. The van der Waals surface area contributed by atoms with Crippen LogP contribution in [-0.2, 0) is 17.8 Å². The van der Waals surface area contributed by atoms with Gasteiger partial charge in [0.2, 0.25) is 11.7 Å². The Morgan fingerprint density at radius 3 is 2.24 bits per heavy atom. The predicted octanol–water partition coefficient (Wildman–Crippen LogP) is 3.79. The Labute approximate surface area is 174 Å². The Morgan fingerprint density at radius 1 is 1.00 bits per heavy atom. The molecule has 0 radical (unpaired) electrons. The van der Waals surface area contributed by atoms with E-state index in [1.54, 1.807) is 29.1 Å². The molecule has 0 aliphatic carbocycles. The van der Waals surface area contributed by atoms with Crippen molar-refractivity contribution in [3.63, 3.8) is 0 Å². The van der Waals surface area contributed by atoms with Gasteiger partial charge < -0.3 is 19.5 Å². The highest BCUT2D eigenvalue weighted by atomic mass is 35.5. The second-order valence-electron chi connectivity index (χ2n) is 6.26. The number of aromatic nitrogens is 2. The summed E-state index contributed by atoms with van der Waals surface area (Å²) in [6, 6.07) is 12.8. The van der Waals surface area contributed by atoms with Crippen LogP contribution in [0.4, 0.5) is 5.82 Å². The summed E-state index contributed by atoms with van der Waals surface area (Å²) in [4.78, 5) is 12.6. The summed E-state index contributed by atoms with van der Waals surface area (Å²) < 4.78 is 17.7. The smallest absolute Gasteiger partial charge is 0.229 e. The highest BCUT2D eigenvalue weighted by Gasteiger charge is 2.16. The second kappa shape index (κ2) is 9.34. The summed E-state index contributed by atoms with van der Waals surface area (Å²) in [5.74, 6) is 1.92. The zero-order valence-electron chi connectivity index (χ0n) is 16.4. The molecule has 1 aromatic heterocycles. The minimum Gasteiger partial charge on any atom is -0.493 e. The van der Waals surface area contributed by atoms with Gasteiger partial charge in [0.05, 0.1) is 40.5 Å². The van der Waals surface area contributed by atoms with Crippen LogP contribution < -0.4 is 19.5 Å². The van der Waals surface area contributed by atoms with Crippen molar-refractivity contribution >= 4 is 23.3 Å². The highest BCUT2D eigenvalue weighted by Crippen LogP contribution is 2.38. The molecule has 29 heavy (non-hydrogen) atoms. The fourth-order valence-corrected chi connectivity index (χ4v) is 3.06. The molecule has 152 valence electrons. The Hall–Kier alpha value is -3.19. The molecule has 0 bridgehead atoms. The van der Waals surface area contributed by atoms with Crippen molar-refractivity contribution in [2.75, 3.05) is 26.6 Å². The summed E-state index contributed by atoms with van der Waals surface area (Å²) in [5, 5.41) is 7.85. The van der Waals surface area contributed by atoms with Gasteiger partial charge in [-0.3, -0.25) is 4.79 Å². The van der Waals surface area contributed by atoms with Crippen LogP contribution in [0.1, 0.15) is 11.1 Å². The van der Waals surface area contributed by atoms with Crippen molar-refractivity contribution in [1.82, 2.24) is 9.78 Å². The summed E-state index contributed by atoms with van der Waals surface area (Å²) in [7, 11) is 4.61. The zero-order chi connectivity index (χ0) is 20.8. The fourth-order valence-electron chi connectivity index (χ4n) is 2.94. The number of carbonyl (C=O) groups excluding carboxylic acids is 1. The highest BCUT2D eigenvalue weighted by molar-refractivity contribution is 6.30. The van der Waals surface area contributed by atoms with Crippen molar-refractivity contribution in [2.45, 2.75) is 13.0 Å². The van der Waals surface area contributed by atoms with Gasteiger partial charge in [0.1, 0.15) is 5.82 Å². The van der Waals surface area contributed by atoms with Crippen molar-refractivity contribution in [3.8, 4) is 17.2 Å². The van der Waals surface area contributed by atoms with E-state index in [1.807, 2.05) is 24.3 Å². The van der Waals surface area contributed by atoms with Gasteiger partial charge in [0.15, 0.2) is 11.5 Å². The van der Waals surface area contributed by atoms with Crippen LogP contribution in [0, 0.1) is 0 Å². The lowest BCUT2D eigenvalue weighted by molar-refractivity contribution is -0.115. The number of amides is 1. The third-order valence-electron chi connectivity index (χ3n) is 4.32. The lowest BCUT2D eigenvalue weighted by Crippen LogP contribution is -2.18. The lowest BCUT2D eigenvalue weighted by Gasteiger charge is -2.14. The first-order valence-corrected chi connectivity index (χ1v) is 9.26. The van der Waals surface area contributed by atoms with E-state index in [2.05, 4.69) is 10.4 Å². The normalized spacial score (nSPS) is 10.5. The number of carbonyl (C=O) groups is 1. The number of ether oxygens (including phenoxy) is 3. The Kier molecular flexibility index (Phi) is 6.61. The molecular formula is C21H22ClN3O4. The molecular weight excluding hydrogens is 394 g/mol. The predicted molar refractivity (Wildman–Crippen MR) is 111 cm³/mol. The number of hydrogen-bond acceptors (Lipinski definition) is 5. The second-order valence-corrected chi connectivity index (χ2v) is 6.70. The van der Waals surface area contributed by atoms with Crippen molar-refractivity contribution in [2.24, 2.45) is 0 Å². The molecule has 8 heteroatoms. The maximum absolute atomic E-state index is 12.6. The Balaban J connectivity index is 1.72. The van der Waals surface area contributed by atoms with Gasteiger partial charge in [-0.1, -0.05) is 23.7 Å². The molecule has 0 saturated carbocycles. The summed E-state index contributed by atoms with van der Waals surface area (Å²) in [5.41, 5.74) is 1.76. The van der Waals surface area contributed by atoms with Crippen LogP contribution >= 0.6 is 11.6 Å². The number of hydrogen-bond donors (Lipinski definition) is 1. The average Bonchev–Trinajstić information content (AvgIpc) is 3.15. The molecule has 0 fully saturated rings. The van der Waals surface area contributed by atoms with E-state index in [1.165, 1.54) is 21.3 Å². The fraction of sp³-hybridized carbons (Fsp3) is 0.238. The quantitative estimate of drug-likeness (QED) is 0.605. The van der Waals surface area contributed by atoms with E-state index >= 15 is 0 Å². The first-order valence-electron chi connectivity index (χ1n) is 8.89. The van der Waals surface area contributed by atoms with E-state index in [4.69, 9.17) is 25.8 Å². The lowest BCUT2D eigenvalue weighted by atomic mass is 10.1. The standard InChI is InChI=1S/C21H22ClN3O4/c1-27-17-10-15(11-18(28-2)21(17)29-3)12-20(26)24-19-8-9-23-25(19)13-14-4-6-16(22)7-5-14/h4-11H,12-13H2,1-3H3,(H,24,26). The third-order valence-corrected chi connectivity index (χ3v) is 4.57. The summed E-state index contributed by atoms with van der Waals surface area (Å²) in [6.45, 7) is 0.518. The van der Waals surface area contributed by atoms with Crippen molar-refractivity contribution < 1.29 is 19.0 Å². The molecule has 0 aliphatic rings. The molecule has 0 atom stereocenters. The number of anilines is 1. The molecule has 0 spiro atoms. The number of rotatable bonds is 8. The maximum Gasteiger partial charge on any atom is 0.229 e. The number of halogens is 1. The molecule has 3 rings (SSSR count). The van der Waals surface area contributed by atoms with Gasteiger partial charge in [-0.15, -0.1) is 0 Å². The molecule has 0 unspecified atom stereocenters. The summed E-state index contributed by atoms with van der Waals surface area (Å²) >= 11 is 5.93. The Bertz CT molecular complexity index is 961. The first-order chi connectivity index (χ1) is 14.0. The van der Waals surface area contributed by atoms with Crippen LogP contribution in [0.15, 0.2) is 48.7 Å². The van der Waals surface area contributed by atoms with Crippen LogP contribution in [0.5, 0.6) is 17.2 Å². The molecule has 3 aromatic rings. The van der Waals surface area contributed by atoms with E-state index in [0.717, 1.165) is 11.1 Å². The van der Waals surface area contributed by atoms with Gasteiger partial charge in [-0.05, 0) is 35.4 Å². The largest absolute Gasteiger partial charge is 0.493 e. The molecule has 1 N–H and O–H groups in total. The van der Waals surface area contributed by atoms with Gasteiger partial charge in [0, 0.05) is 11.1 Å². The van der Waals surface area contributed by atoms with E-state index in [-0.39, 0.29) is 12.3 Å². The number of methoxy groups -OCH3 is 3. The van der Waals surface area contributed by atoms with Crippen LogP contribution in [0.2, 0.25) is 5.02 Å². The van der Waals surface area contributed by atoms with Gasteiger partial charge in [0.25, 0.3) is 0 Å². The van der Waals surface area contributed by atoms with Crippen LogP contribution in [-0.4, -0.2) is 37.0 Å². The minimum absolute atomic E-state index is 0.142. The number of benzene rings is 2. The first kappa shape index (κ1) is 20.5. The minimum atomic E-state index is -0.183. The van der Waals surface area contributed by atoms with Gasteiger partial charge >= 0.3 is 0 Å². The van der Waals surface area contributed by atoms with E-state index in [9.17, 15) is 4.79 Å². The topological polar surface area (TPSA) is 74.6 Å². The van der Waals surface area contributed by atoms with E-state index in [0.29, 0.717) is 34.6 Å². The average molecular weight is 416 g/mol. The number of nitrogens with one attached hydrogen (secondary N) is 1. The molecule has 1 heterocycles. The van der Waals surface area contributed by atoms with Crippen LogP contribution in [0.25, 0.3) is 0 Å². The van der Waals surface area contributed by atoms with Crippen molar-refractivity contribution in [3.05, 3.63) is 64.8 Å². The molecule has 2 aromatic carbocycles. The molecule has 1 amide bonds. The maximum atomic E-state index is 12.6. The van der Waals surface area contributed by atoms with Gasteiger partial charge in [-0.25, -0.2) is 4.68 Å². The van der Waals surface area contributed by atoms with Crippen molar-refractivity contribution in [1.29, 1.82) is 0 Å². The molecule has 0 saturated heterocycles. The van der Waals surface area contributed by atoms with E-state index < -0.39 is 0 Å². The monoisotopic (exact) mass is 415 g/mol. The zero-order valence-corrected chi connectivity index (χ0v) is 17.2. The SMILES string of the molecule is COc1cc(CC(=O)Nc2ccnn2Cc2ccc(Cl)cc2)cc(OC)c1OC. The van der Waals surface area contributed by atoms with Gasteiger partial charge in [-0.2, -0.15) is 5.10 Å². The summed E-state index contributed by atoms with van der Waals surface area (Å²) in [6.07, 6.45) is 1.79. The third kappa shape index (κ3) is 5.00. The molecule has 0 aliphatic heterocycles. The van der Waals surface area contributed by atoms with Crippen LogP contribution in [0.3, 0.4) is 0 Å².